The normalized spacial score (nSPS) is 33.8. The molecule has 1 fully saturated rings. The second kappa shape index (κ2) is 1.88. The first-order valence-corrected chi connectivity index (χ1v) is 2.80. The number of likely N-dealkylation sites (tertiary alicyclic amines) is 1. The van der Waals surface area contributed by atoms with Crippen molar-refractivity contribution < 1.29 is 15.0 Å². The van der Waals surface area contributed by atoms with Crippen LogP contribution in [0.25, 0.3) is 0 Å². The molecule has 2 N–H and O–H groups in total. The van der Waals surface area contributed by atoms with Gasteiger partial charge in [0.2, 0.25) is 0 Å². The van der Waals surface area contributed by atoms with E-state index in [1.165, 1.54) is 4.90 Å². The molecule has 0 aliphatic carbocycles. The number of aliphatic hydroxyl groups excluding tert-OH is 1. The highest BCUT2D eigenvalue weighted by Crippen LogP contribution is 2.16. The summed E-state index contributed by atoms with van der Waals surface area (Å²) < 4.78 is 0. The summed E-state index contributed by atoms with van der Waals surface area (Å²) in [6, 6.07) is -0.220. The highest BCUT2D eigenvalue weighted by atomic mass is 16.4. The molecule has 0 aromatic heterocycles. The number of rotatable bonds is 0. The van der Waals surface area contributed by atoms with Crippen molar-refractivity contribution in [2.45, 2.75) is 19.1 Å². The van der Waals surface area contributed by atoms with E-state index in [-0.39, 0.29) is 12.6 Å². The quantitative estimate of drug-likeness (QED) is 0.475. The molecule has 0 unspecified atom stereocenters. The summed E-state index contributed by atoms with van der Waals surface area (Å²) >= 11 is 0. The van der Waals surface area contributed by atoms with Crippen LogP contribution in [0.3, 0.4) is 0 Å². The lowest BCUT2D eigenvalue weighted by atomic mass is 10.0. The van der Waals surface area contributed by atoms with E-state index in [4.69, 9.17) is 10.2 Å². The SMILES string of the molecule is C[C@H]1[C@@H](O)CN1C(=O)O. The highest BCUT2D eigenvalue weighted by Gasteiger charge is 2.36. The topological polar surface area (TPSA) is 60.8 Å². The van der Waals surface area contributed by atoms with E-state index in [0.29, 0.717) is 0 Å². The van der Waals surface area contributed by atoms with Gasteiger partial charge in [0.1, 0.15) is 0 Å². The number of amides is 1. The summed E-state index contributed by atoms with van der Waals surface area (Å²) in [5.74, 6) is 0. The first-order chi connectivity index (χ1) is 4.13. The predicted molar refractivity (Wildman–Crippen MR) is 30.2 cm³/mol. The molecular formula is C5H9NO3. The van der Waals surface area contributed by atoms with Crippen molar-refractivity contribution in [3.63, 3.8) is 0 Å². The highest BCUT2D eigenvalue weighted by molar-refractivity contribution is 5.66. The lowest BCUT2D eigenvalue weighted by Crippen LogP contribution is -2.60. The Balaban J connectivity index is 2.42. The zero-order chi connectivity index (χ0) is 7.02. The van der Waals surface area contributed by atoms with Crippen molar-refractivity contribution in [2.24, 2.45) is 0 Å². The van der Waals surface area contributed by atoms with Crippen molar-refractivity contribution in [3.05, 3.63) is 0 Å². The Morgan fingerprint density at radius 2 is 2.33 bits per heavy atom. The van der Waals surface area contributed by atoms with E-state index in [1.54, 1.807) is 6.92 Å². The van der Waals surface area contributed by atoms with Crippen LogP contribution < -0.4 is 0 Å². The smallest absolute Gasteiger partial charge is 0.407 e. The molecule has 0 radical (unpaired) electrons. The van der Waals surface area contributed by atoms with Gasteiger partial charge in [-0.05, 0) is 6.92 Å². The van der Waals surface area contributed by atoms with Crippen LogP contribution in [0, 0.1) is 0 Å². The zero-order valence-electron chi connectivity index (χ0n) is 5.11. The molecular weight excluding hydrogens is 122 g/mol. The Hall–Kier alpha value is -0.770. The van der Waals surface area contributed by atoms with Crippen LogP contribution in [-0.4, -0.2) is 39.9 Å². The predicted octanol–water partition coefficient (Wildman–Crippen LogP) is -0.271. The third-order valence-corrected chi connectivity index (χ3v) is 1.68. The van der Waals surface area contributed by atoms with Crippen molar-refractivity contribution in [2.75, 3.05) is 6.54 Å². The number of nitrogens with zero attached hydrogens (tertiary/aromatic N) is 1. The molecule has 0 spiro atoms. The van der Waals surface area contributed by atoms with Gasteiger partial charge in [0.15, 0.2) is 0 Å². The van der Waals surface area contributed by atoms with Gasteiger partial charge < -0.3 is 15.1 Å². The fourth-order valence-corrected chi connectivity index (χ4v) is 0.842. The van der Waals surface area contributed by atoms with Gasteiger partial charge >= 0.3 is 6.09 Å². The van der Waals surface area contributed by atoms with Gasteiger partial charge in [-0.25, -0.2) is 4.79 Å². The number of β-amino-alcohol motifs (C(OH)–C–C–N with tert-alkyl or cyclic N) is 1. The first-order valence-electron chi connectivity index (χ1n) is 2.80. The van der Waals surface area contributed by atoms with Gasteiger partial charge in [0, 0.05) is 0 Å². The third-order valence-electron chi connectivity index (χ3n) is 1.68. The Kier molecular flexibility index (Phi) is 1.32. The van der Waals surface area contributed by atoms with E-state index in [9.17, 15) is 4.79 Å². The molecule has 52 valence electrons. The van der Waals surface area contributed by atoms with Gasteiger partial charge in [-0.2, -0.15) is 0 Å². The monoisotopic (exact) mass is 131 g/mol. The van der Waals surface area contributed by atoms with Crippen molar-refractivity contribution in [1.82, 2.24) is 4.90 Å². The van der Waals surface area contributed by atoms with Crippen LogP contribution in [0.15, 0.2) is 0 Å². The lowest BCUT2D eigenvalue weighted by Gasteiger charge is -2.40. The van der Waals surface area contributed by atoms with Crippen LogP contribution in [0.1, 0.15) is 6.92 Å². The van der Waals surface area contributed by atoms with Crippen LogP contribution in [0.2, 0.25) is 0 Å². The number of carboxylic acid groups (broad SMARTS) is 1. The largest absolute Gasteiger partial charge is 0.465 e. The maximum atomic E-state index is 10.2. The van der Waals surface area contributed by atoms with Gasteiger partial charge in [-0.3, -0.25) is 0 Å². The Labute approximate surface area is 52.7 Å². The van der Waals surface area contributed by atoms with Gasteiger partial charge in [0.25, 0.3) is 0 Å². The van der Waals surface area contributed by atoms with Gasteiger partial charge in [-0.15, -0.1) is 0 Å². The molecule has 4 heteroatoms. The van der Waals surface area contributed by atoms with E-state index in [0.717, 1.165) is 0 Å². The van der Waals surface area contributed by atoms with Gasteiger partial charge in [-0.1, -0.05) is 0 Å². The van der Waals surface area contributed by atoms with Crippen LogP contribution >= 0.6 is 0 Å². The summed E-state index contributed by atoms with van der Waals surface area (Å²) in [7, 11) is 0. The van der Waals surface area contributed by atoms with E-state index in [1.807, 2.05) is 0 Å². The number of carbonyl (C=O) groups is 1. The average Bonchev–Trinajstić information content (AvgIpc) is 1.81. The first kappa shape index (κ1) is 6.35. The standard InChI is InChI=1S/C5H9NO3/c1-3-4(7)2-6(3)5(8)9/h3-4,7H,2H2,1H3,(H,8,9)/t3-,4-/m0/s1. The molecule has 1 aliphatic heterocycles. The van der Waals surface area contributed by atoms with Crippen LogP contribution in [-0.2, 0) is 0 Å². The number of hydrogen-bond donors (Lipinski definition) is 2. The summed E-state index contributed by atoms with van der Waals surface area (Å²) in [6.45, 7) is 1.94. The summed E-state index contributed by atoms with van der Waals surface area (Å²) in [4.78, 5) is 11.4. The molecule has 1 saturated heterocycles. The van der Waals surface area contributed by atoms with Gasteiger partial charge in [0.05, 0.1) is 18.7 Å². The molecule has 1 amide bonds. The second-order valence-corrected chi connectivity index (χ2v) is 2.24. The van der Waals surface area contributed by atoms with Crippen molar-refractivity contribution >= 4 is 6.09 Å². The Morgan fingerprint density at radius 1 is 1.78 bits per heavy atom. The fourth-order valence-electron chi connectivity index (χ4n) is 0.842. The molecule has 1 heterocycles. The molecule has 9 heavy (non-hydrogen) atoms. The molecule has 0 aromatic rings. The molecule has 4 nitrogen and oxygen atoms in total. The van der Waals surface area contributed by atoms with E-state index < -0.39 is 12.2 Å². The number of hydrogen-bond acceptors (Lipinski definition) is 2. The van der Waals surface area contributed by atoms with E-state index >= 15 is 0 Å². The zero-order valence-corrected chi connectivity index (χ0v) is 5.11. The van der Waals surface area contributed by atoms with Crippen LogP contribution in [0.5, 0.6) is 0 Å². The molecule has 1 rings (SSSR count). The second-order valence-electron chi connectivity index (χ2n) is 2.24. The molecule has 1 aliphatic rings. The summed E-state index contributed by atoms with van der Waals surface area (Å²) in [5, 5.41) is 17.2. The molecule has 0 bridgehead atoms. The maximum absolute atomic E-state index is 10.2. The Bertz CT molecular complexity index is 136. The maximum Gasteiger partial charge on any atom is 0.407 e. The minimum absolute atomic E-state index is 0.220. The molecule has 0 saturated carbocycles. The summed E-state index contributed by atoms with van der Waals surface area (Å²) in [5.41, 5.74) is 0. The van der Waals surface area contributed by atoms with Crippen molar-refractivity contribution in [1.29, 1.82) is 0 Å². The molecule has 2 atom stereocenters. The fraction of sp³-hybridized carbons (Fsp3) is 0.800. The van der Waals surface area contributed by atoms with Crippen LogP contribution in [0.4, 0.5) is 4.79 Å². The average molecular weight is 131 g/mol. The van der Waals surface area contributed by atoms with E-state index in [2.05, 4.69) is 0 Å². The molecule has 0 aromatic carbocycles. The Morgan fingerprint density at radius 3 is 2.44 bits per heavy atom. The minimum Gasteiger partial charge on any atom is -0.465 e. The third kappa shape index (κ3) is 0.853. The minimum atomic E-state index is -0.951. The van der Waals surface area contributed by atoms with Crippen molar-refractivity contribution in [3.8, 4) is 0 Å². The summed E-state index contributed by atoms with van der Waals surface area (Å²) in [6.07, 6.45) is -1.41. The number of aliphatic hydroxyl groups is 1. The lowest BCUT2D eigenvalue weighted by molar-refractivity contribution is -0.0376.